The topological polar surface area (TPSA) is 86.8 Å². The van der Waals surface area contributed by atoms with E-state index in [2.05, 4.69) is 14.5 Å². The summed E-state index contributed by atoms with van der Waals surface area (Å²) in [6.45, 7) is 1.73. The Morgan fingerprint density at radius 3 is 2.38 bits per heavy atom. The van der Waals surface area contributed by atoms with Crippen molar-refractivity contribution in [2.75, 3.05) is 20.5 Å². The summed E-state index contributed by atoms with van der Waals surface area (Å²) in [6.07, 6.45) is 1.58. The lowest BCUT2D eigenvalue weighted by Gasteiger charge is -2.11. The Morgan fingerprint density at radius 2 is 1.81 bits per heavy atom. The number of rotatable bonds is 5. The van der Waals surface area contributed by atoms with Crippen LogP contribution >= 0.6 is 0 Å². The highest BCUT2D eigenvalue weighted by atomic mass is 32.2. The van der Waals surface area contributed by atoms with Gasteiger partial charge in [0.1, 0.15) is 11.5 Å². The summed E-state index contributed by atoms with van der Waals surface area (Å²) >= 11 is 0. The molecule has 1 unspecified atom stereocenters. The van der Waals surface area contributed by atoms with Crippen LogP contribution in [0.1, 0.15) is 5.89 Å². The van der Waals surface area contributed by atoms with Crippen LogP contribution in [0.5, 0.6) is 11.5 Å². The average molecular weight is 373 g/mol. The van der Waals surface area contributed by atoms with Gasteiger partial charge in [0.05, 0.1) is 34.5 Å². The van der Waals surface area contributed by atoms with Gasteiger partial charge in [0.25, 0.3) is 0 Å². The summed E-state index contributed by atoms with van der Waals surface area (Å²) in [5, 5.41) is 3.88. The first-order chi connectivity index (χ1) is 12.4. The molecule has 3 aromatic rings. The zero-order valence-electron chi connectivity index (χ0n) is 14.9. The molecule has 0 spiro atoms. The zero-order chi connectivity index (χ0) is 18.7. The molecule has 8 heteroatoms. The molecule has 0 saturated carbocycles. The quantitative estimate of drug-likeness (QED) is 0.675. The Bertz CT molecular complexity index is 1030. The number of hydrogen-bond acceptors (Lipinski definition) is 7. The summed E-state index contributed by atoms with van der Waals surface area (Å²) in [7, 11) is 0.378. The molecule has 0 N–H and O–H groups in total. The summed E-state index contributed by atoms with van der Waals surface area (Å²) in [5.41, 5.74) is 1.38. The highest BCUT2D eigenvalue weighted by Gasteiger charge is 2.14. The Morgan fingerprint density at radius 1 is 1.08 bits per heavy atom. The lowest BCUT2D eigenvalue weighted by atomic mass is 10.2. The van der Waals surface area contributed by atoms with Crippen LogP contribution in [0.3, 0.4) is 0 Å². The predicted octanol–water partition coefficient (Wildman–Crippen LogP) is 3.85. The third kappa shape index (κ3) is 3.70. The van der Waals surface area contributed by atoms with Gasteiger partial charge in [-0.15, -0.1) is 0 Å². The molecule has 0 aliphatic rings. The fraction of sp³-hybridized carbons (Fsp3) is 0.222. The molecule has 136 valence electrons. The lowest BCUT2D eigenvalue weighted by molar-refractivity contribution is 0.387. The SMILES string of the molecule is COc1ccc(S(C)(=O)=Nc2ccc(-c3noc(C)n3)cc2)c(OC)c1. The van der Waals surface area contributed by atoms with Gasteiger partial charge in [-0.2, -0.15) is 9.35 Å². The minimum Gasteiger partial charge on any atom is -0.497 e. The average Bonchev–Trinajstić information content (AvgIpc) is 3.07. The van der Waals surface area contributed by atoms with Crippen LogP contribution in [-0.2, 0) is 9.73 Å². The van der Waals surface area contributed by atoms with Crippen LogP contribution in [0.25, 0.3) is 11.4 Å². The number of hydrogen-bond donors (Lipinski definition) is 0. The van der Waals surface area contributed by atoms with Crippen molar-refractivity contribution in [1.82, 2.24) is 10.1 Å². The van der Waals surface area contributed by atoms with E-state index < -0.39 is 9.73 Å². The number of aryl methyl sites for hydroxylation is 1. The van der Waals surface area contributed by atoms with Gasteiger partial charge in [-0.1, -0.05) is 5.16 Å². The molecule has 2 aromatic carbocycles. The van der Waals surface area contributed by atoms with E-state index in [9.17, 15) is 4.21 Å². The second kappa shape index (κ2) is 7.17. The van der Waals surface area contributed by atoms with Crippen molar-refractivity contribution >= 4 is 15.4 Å². The van der Waals surface area contributed by atoms with Crippen molar-refractivity contribution in [2.24, 2.45) is 4.36 Å². The molecule has 0 radical (unpaired) electrons. The highest BCUT2D eigenvalue weighted by molar-refractivity contribution is 7.93. The molecular formula is C18H19N3O4S. The normalized spacial score (nSPS) is 13.1. The molecular weight excluding hydrogens is 354 g/mol. The summed E-state index contributed by atoms with van der Waals surface area (Å²) in [6, 6.07) is 12.3. The summed E-state index contributed by atoms with van der Waals surface area (Å²) in [5.74, 6) is 2.10. The third-order valence-electron chi connectivity index (χ3n) is 3.71. The molecule has 3 rings (SSSR count). The molecule has 1 heterocycles. The van der Waals surface area contributed by atoms with Crippen molar-refractivity contribution in [3.05, 3.63) is 48.4 Å². The number of benzene rings is 2. The molecule has 0 aliphatic heterocycles. The van der Waals surface area contributed by atoms with E-state index >= 15 is 0 Å². The fourth-order valence-electron chi connectivity index (χ4n) is 2.43. The van der Waals surface area contributed by atoms with Crippen LogP contribution < -0.4 is 9.47 Å². The van der Waals surface area contributed by atoms with Gasteiger partial charge < -0.3 is 14.0 Å². The van der Waals surface area contributed by atoms with Gasteiger partial charge in [-0.25, -0.2) is 4.21 Å². The van der Waals surface area contributed by atoms with E-state index in [-0.39, 0.29) is 0 Å². The monoisotopic (exact) mass is 373 g/mol. The van der Waals surface area contributed by atoms with Crippen molar-refractivity contribution in [2.45, 2.75) is 11.8 Å². The molecule has 1 atom stereocenters. The van der Waals surface area contributed by atoms with Crippen LogP contribution in [-0.4, -0.2) is 34.8 Å². The molecule has 0 bridgehead atoms. The van der Waals surface area contributed by atoms with Gasteiger partial charge in [0.2, 0.25) is 11.7 Å². The molecule has 7 nitrogen and oxygen atoms in total. The van der Waals surface area contributed by atoms with Crippen molar-refractivity contribution in [1.29, 1.82) is 0 Å². The van der Waals surface area contributed by atoms with E-state index in [4.69, 9.17) is 14.0 Å². The van der Waals surface area contributed by atoms with Crippen LogP contribution in [0.4, 0.5) is 5.69 Å². The Hall–Kier alpha value is -2.87. The maximum Gasteiger partial charge on any atom is 0.223 e. The minimum atomic E-state index is -2.71. The zero-order valence-corrected chi connectivity index (χ0v) is 15.7. The summed E-state index contributed by atoms with van der Waals surface area (Å²) < 4.78 is 33.1. The number of methoxy groups -OCH3 is 2. The minimum absolute atomic E-state index is 0.472. The molecule has 1 aromatic heterocycles. The standard InChI is InChI=1S/C18H19N3O4S/c1-12-19-18(20-25-12)13-5-7-14(8-6-13)21-26(4,22)17-10-9-15(23-2)11-16(17)24-3/h5-11H,1-4H3. The van der Waals surface area contributed by atoms with Crippen LogP contribution in [0.15, 0.2) is 56.2 Å². The van der Waals surface area contributed by atoms with Gasteiger partial charge in [0, 0.05) is 24.8 Å². The first kappa shape index (κ1) is 17.9. The highest BCUT2D eigenvalue weighted by Crippen LogP contribution is 2.31. The van der Waals surface area contributed by atoms with Gasteiger partial charge in [0.15, 0.2) is 0 Å². The Labute approximate surface area is 152 Å². The first-order valence-electron chi connectivity index (χ1n) is 7.78. The lowest BCUT2D eigenvalue weighted by Crippen LogP contribution is -2.01. The predicted molar refractivity (Wildman–Crippen MR) is 98.4 cm³/mol. The van der Waals surface area contributed by atoms with E-state index in [1.165, 1.54) is 7.11 Å². The molecule has 0 amide bonds. The summed E-state index contributed by atoms with van der Waals surface area (Å²) in [4.78, 5) is 4.69. The maximum absolute atomic E-state index is 13.2. The van der Waals surface area contributed by atoms with E-state index in [1.807, 2.05) is 12.1 Å². The third-order valence-corrected chi connectivity index (χ3v) is 5.42. The molecule has 0 fully saturated rings. The van der Waals surface area contributed by atoms with Crippen LogP contribution in [0, 0.1) is 6.92 Å². The Balaban J connectivity index is 1.97. The number of nitrogens with zero attached hydrogens (tertiary/aromatic N) is 3. The second-order valence-electron chi connectivity index (χ2n) is 5.59. The molecule has 0 aliphatic carbocycles. The largest absolute Gasteiger partial charge is 0.497 e. The van der Waals surface area contributed by atoms with Crippen LogP contribution in [0.2, 0.25) is 0 Å². The van der Waals surface area contributed by atoms with Crippen molar-refractivity contribution in [3.8, 4) is 22.9 Å². The number of aromatic nitrogens is 2. The number of ether oxygens (including phenoxy) is 2. The van der Waals surface area contributed by atoms with Gasteiger partial charge in [-0.3, -0.25) is 0 Å². The maximum atomic E-state index is 13.2. The van der Waals surface area contributed by atoms with E-state index in [0.29, 0.717) is 33.8 Å². The first-order valence-corrected chi connectivity index (χ1v) is 9.70. The van der Waals surface area contributed by atoms with Gasteiger partial charge in [-0.05, 0) is 36.4 Å². The van der Waals surface area contributed by atoms with Crippen molar-refractivity contribution < 1.29 is 18.2 Å². The van der Waals surface area contributed by atoms with Crippen molar-refractivity contribution in [3.63, 3.8) is 0 Å². The smallest absolute Gasteiger partial charge is 0.223 e. The van der Waals surface area contributed by atoms with Gasteiger partial charge >= 0.3 is 0 Å². The molecule has 0 saturated heterocycles. The van der Waals surface area contributed by atoms with E-state index in [1.54, 1.807) is 50.6 Å². The Kier molecular flexibility index (Phi) is 4.94. The second-order valence-corrected chi connectivity index (χ2v) is 7.82. The van der Waals surface area contributed by atoms with E-state index in [0.717, 1.165) is 5.56 Å². The molecule has 26 heavy (non-hydrogen) atoms. The fourth-order valence-corrected chi connectivity index (χ4v) is 3.88.